The van der Waals surface area contributed by atoms with Gasteiger partial charge in [-0.05, 0) is 36.8 Å². The van der Waals surface area contributed by atoms with Gasteiger partial charge in [-0.25, -0.2) is 0 Å². The maximum atomic E-state index is 6.29. The van der Waals surface area contributed by atoms with Crippen LogP contribution < -0.4 is 10.5 Å². The fourth-order valence-electron chi connectivity index (χ4n) is 2.41. The lowest BCUT2D eigenvalue weighted by molar-refractivity contribution is 0.165. The minimum atomic E-state index is 0.0402. The Balaban J connectivity index is 1.90. The first-order chi connectivity index (χ1) is 9.17. The van der Waals surface area contributed by atoms with E-state index in [1.165, 1.54) is 9.75 Å². The van der Waals surface area contributed by atoms with E-state index in [-0.39, 0.29) is 12.1 Å². The molecule has 2 heterocycles. The van der Waals surface area contributed by atoms with Crippen LogP contribution in [0.15, 0.2) is 34.8 Å². The summed E-state index contributed by atoms with van der Waals surface area (Å²) in [5.74, 6) is 0.915. The van der Waals surface area contributed by atoms with Crippen LogP contribution in [0.25, 0.3) is 0 Å². The summed E-state index contributed by atoms with van der Waals surface area (Å²) in [5, 5.41) is 0. The van der Waals surface area contributed by atoms with Crippen LogP contribution in [0.5, 0.6) is 5.75 Å². The second-order valence-corrected chi connectivity index (χ2v) is 6.90. The van der Waals surface area contributed by atoms with Crippen molar-refractivity contribution in [3.63, 3.8) is 0 Å². The second kappa shape index (κ2) is 5.27. The number of hydrogen-bond donors (Lipinski definition) is 1. The van der Waals surface area contributed by atoms with Crippen LogP contribution in [0.4, 0.5) is 0 Å². The van der Waals surface area contributed by atoms with E-state index in [1.54, 1.807) is 0 Å². The zero-order valence-corrected chi connectivity index (χ0v) is 13.1. The van der Waals surface area contributed by atoms with E-state index in [9.17, 15) is 0 Å². The van der Waals surface area contributed by atoms with Gasteiger partial charge in [0.2, 0.25) is 0 Å². The van der Waals surface area contributed by atoms with Crippen LogP contribution in [0.1, 0.15) is 40.8 Å². The maximum absolute atomic E-state index is 6.29. The zero-order chi connectivity index (χ0) is 13.4. The van der Waals surface area contributed by atoms with E-state index in [0.717, 1.165) is 28.6 Å². The number of nitrogens with two attached hydrogens (primary N) is 1. The molecule has 2 N–H and O–H groups in total. The highest BCUT2D eigenvalue weighted by Crippen LogP contribution is 2.42. The van der Waals surface area contributed by atoms with Crippen LogP contribution in [0.2, 0.25) is 0 Å². The molecule has 2 nitrogen and oxygen atoms in total. The summed E-state index contributed by atoms with van der Waals surface area (Å²) in [6.07, 6.45) is 2.01. The molecule has 0 saturated heterocycles. The molecule has 2 unspecified atom stereocenters. The van der Waals surface area contributed by atoms with Crippen LogP contribution in [0, 0.1) is 0 Å². The molecule has 2 aromatic rings. The molecule has 19 heavy (non-hydrogen) atoms. The lowest BCUT2D eigenvalue weighted by Crippen LogP contribution is -2.23. The van der Waals surface area contributed by atoms with Gasteiger partial charge in [0.1, 0.15) is 11.9 Å². The molecule has 0 radical (unpaired) electrons. The Morgan fingerprint density at radius 1 is 1.37 bits per heavy atom. The van der Waals surface area contributed by atoms with Crippen LogP contribution in [-0.2, 0) is 6.42 Å². The number of ether oxygens (including phenoxy) is 1. The van der Waals surface area contributed by atoms with Crippen molar-refractivity contribution in [3.05, 3.63) is 50.1 Å². The van der Waals surface area contributed by atoms with Crippen LogP contribution in [0.3, 0.4) is 0 Å². The Bertz CT molecular complexity index is 596. The van der Waals surface area contributed by atoms with Crippen molar-refractivity contribution in [3.8, 4) is 5.75 Å². The third-order valence-corrected chi connectivity index (χ3v) is 5.27. The minimum absolute atomic E-state index is 0.0402. The minimum Gasteiger partial charge on any atom is -0.484 e. The smallest absolute Gasteiger partial charge is 0.135 e. The molecule has 1 aliphatic rings. The molecule has 100 valence electrons. The van der Waals surface area contributed by atoms with E-state index < -0.39 is 0 Å². The Kier molecular flexibility index (Phi) is 3.65. The summed E-state index contributed by atoms with van der Waals surface area (Å²) in [5.41, 5.74) is 7.38. The average Bonchev–Trinajstić information content (AvgIpc) is 2.88. The summed E-state index contributed by atoms with van der Waals surface area (Å²) in [6.45, 7) is 2.18. The highest BCUT2D eigenvalue weighted by atomic mass is 79.9. The topological polar surface area (TPSA) is 35.2 Å². The average molecular weight is 338 g/mol. The third-order valence-electron chi connectivity index (χ3n) is 3.46. The van der Waals surface area contributed by atoms with Crippen LogP contribution in [-0.4, -0.2) is 0 Å². The van der Waals surface area contributed by atoms with Crippen molar-refractivity contribution in [1.29, 1.82) is 0 Å². The third kappa shape index (κ3) is 2.57. The first-order valence-electron chi connectivity index (χ1n) is 6.47. The molecule has 0 bridgehead atoms. The van der Waals surface area contributed by atoms with E-state index in [2.05, 4.69) is 41.1 Å². The maximum Gasteiger partial charge on any atom is 0.135 e. The SMILES string of the molecule is CCc1ccc(C2CC(N)c3cc(Br)ccc3O2)s1. The Labute approximate surface area is 125 Å². The predicted molar refractivity (Wildman–Crippen MR) is 82.8 cm³/mol. The van der Waals surface area contributed by atoms with Crippen LogP contribution >= 0.6 is 27.3 Å². The molecule has 1 aromatic heterocycles. The molecule has 1 aromatic carbocycles. The number of thiophene rings is 1. The fraction of sp³-hybridized carbons (Fsp3) is 0.333. The first kappa shape index (κ1) is 13.2. The van der Waals surface area contributed by atoms with Gasteiger partial charge in [-0.2, -0.15) is 0 Å². The molecule has 0 spiro atoms. The summed E-state index contributed by atoms with van der Waals surface area (Å²) in [7, 11) is 0. The van der Waals surface area contributed by atoms with Gasteiger partial charge in [-0.15, -0.1) is 11.3 Å². The van der Waals surface area contributed by atoms with Gasteiger partial charge in [0, 0.05) is 32.3 Å². The lowest BCUT2D eigenvalue weighted by Gasteiger charge is -2.29. The van der Waals surface area contributed by atoms with E-state index >= 15 is 0 Å². The number of fused-ring (bicyclic) bond motifs is 1. The van der Waals surface area contributed by atoms with E-state index in [4.69, 9.17) is 10.5 Å². The summed E-state index contributed by atoms with van der Waals surface area (Å²) >= 11 is 5.31. The number of rotatable bonds is 2. The monoisotopic (exact) mass is 337 g/mol. The number of aryl methyl sites for hydroxylation is 1. The predicted octanol–water partition coefficient (Wildman–Crippen LogP) is 4.60. The molecule has 3 rings (SSSR count). The second-order valence-electron chi connectivity index (χ2n) is 4.79. The number of benzene rings is 1. The first-order valence-corrected chi connectivity index (χ1v) is 8.08. The van der Waals surface area contributed by atoms with Crippen molar-refractivity contribution >= 4 is 27.3 Å². The van der Waals surface area contributed by atoms with Gasteiger partial charge >= 0.3 is 0 Å². The zero-order valence-electron chi connectivity index (χ0n) is 10.7. The Hall–Kier alpha value is -0.840. The molecular formula is C15H16BrNOS. The Morgan fingerprint density at radius 2 is 2.21 bits per heavy atom. The number of hydrogen-bond acceptors (Lipinski definition) is 3. The van der Waals surface area contributed by atoms with Gasteiger partial charge in [0.15, 0.2) is 0 Å². The highest BCUT2D eigenvalue weighted by molar-refractivity contribution is 9.10. The standard InChI is InChI=1S/C15H16BrNOS/c1-2-10-4-6-15(19-10)14-8-12(17)11-7-9(16)3-5-13(11)18-14/h3-7,12,14H,2,8,17H2,1H3. The summed E-state index contributed by atoms with van der Waals surface area (Å²) in [6, 6.07) is 10.5. The molecular weight excluding hydrogens is 322 g/mol. The molecule has 0 aliphatic carbocycles. The van der Waals surface area contributed by atoms with Gasteiger partial charge in [-0.3, -0.25) is 0 Å². The van der Waals surface area contributed by atoms with E-state index in [0.29, 0.717) is 0 Å². The van der Waals surface area contributed by atoms with Crippen molar-refractivity contribution in [1.82, 2.24) is 0 Å². The van der Waals surface area contributed by atoms with Gasteiger partial charge < -0.3 is 10.5 Å². The number of halogens is 1. The molecule has 0 fully saturated rings. The van der Waals surface area contributed by atoms with Crippen molar-refractivity contribution in [2.45, 2.75) is 31.9 Å². The van der Waals surface area contributed by atoms with Crippen molar-refractivity contribution < 1.29 is 4.74 Å². The normalized spacial score (nSPS) is 21.8. The molecule has 2 atom stereocenters. The molecule has 4 heteroatoms. The summed E-state index contributed by atoms with van der Waals surface area (Å²) in [4.78, 5) is 2.68. The Morgan fingerprint density at radius 3 is 2.95 bits per heavy atom. The molecule has 0 saturated carbocycles. The highest BCUT2D eigenvalue weighted by Gasteiger charge is 2.28. The quantitative estimate of drug-likeness (QED) is 0.869. The molecule has 0 amide bonds. The van der Waals surface area contributed by atoms with Gasteiger partial charge in [-0.1, -0.05) is 22.9 Å². The van der Waals surface area contributed by atoms with E-state index in [1.807, 2.05) is 23.5 Å². The van der Waals surface area contributed by atoms with Crippen molar-refractivity contribution in [2.24, 2.45) is 5.73 Å². The lowest BCUT2D eigenvalue weighted by atomic mass is 9.97. The fourth-order valence-corrected chi connectivity index (χ4v) is 3.78. The largest absolute Gasteiger partial charge is 0.484 e. The van der Waals surface area contributed by atoms with Gasteiger partial charge in [0.25, 0.3) is 0 Å². The van der Waals surface area contributed by atoms with Gasteiger partial charge in [0.05, 0.1) is 0 Å². The molecule has 1 aliphatic heterocycles. The summed E-state index contributed by atoms with van der Waals surface area (Å²) < 4.78 is 7.16. The van der Waals surface area contributed by atoms with Crippen molar-refractivity contribution in [2.75, 3.05) is 0 Å².